The summed E-state index contributed by atoms with van der Waals surface area (Å²) >= 11 is 6.79. The number of hydrogen-bond donors (Lipinski definition) is 1. The summed E-state index contributed by atoms with van der Waals surface area (Å²) in [6, 6.07) is 13.1. The van der Waals surface area contributed by atoms with Crippen molar-refractivity contribution >= 4 is 54.2 Å². The van der Waals surface area contributed by atoms with Gasteiger partial charge in [-0.3, -0.25) is 9.78 Å². The molecule has 0 fully saturated rings. The zero-order valence-corrected chi connectivity index (χ0v) is 14.0. The van der Waals surface area contributed by atoms with E-state index in [2.05, 4.69) is 42.2 Å². The number of rotatable bonds is 2. The Labute approximate surface area is 138 Å². The summed E-state index contributed by atoms with van der Waals surface area (Å²) in [4.78, 5) is 16.5. The minimum Gasteiger partial charge on any atom is -0.321 e. The molecule has 1 N–H and O–H groups in total. The average molecular weight is 406 g/mol. The lowest BCUT2D eigenvalue weighted by Crippen LogP contribution is -2.12. The molecule has 0 aliphatic heterocycles. The van der Waals surface area contributed by atoms with E-state index in [1.54, 1.807) is 18.5 Å². The van der Waals surface area contributed by atoms with Crippen LogP contribution >= 0.6 is 31.9 Å². The molecule has 1 amide bonds. The molecule has 0 saturated heterocycles. The quantitative estimate of drug-likeness (QED) is 0.650. The van der Waals surface area contributed by atoms with Crippen molar-refractivity contribution in [2.24, 2.45) is 0 Å². The minimum absolute atomic E-state index is 0.154. The first kappa shape index (κ1) is 14.2. The van der Waals surface area contributed by atoms with E-state index in [1.807, 2.05) is 36.4 Å². The number of anilines is 1. The number of hydrogen-bond acceptors (Lipinski definition) is 2. The second-order valence-corrected chi connectivity index (χ2v) is 6.25. The number of carbonyl (C=O) groups excluding carboxylic acids is 1. The normalized spacial score (nSPS) is 10.6. The van der Waals surface area contributed by atoms with E-state index in [9.17, 15) is 4.79 Å². The SMILES string of the molecule is O=C(Nc1cccc2cnccc12)c1ccc(Br)cc1Br. The van der Waals surface area contributed by atoms with E-state index in [4.69, 9.17) is 0 Å². The second kappa shape index (κ2) is 5.95. The number of fused-ring (bicyclic) bond motifs is 1. The molecule has 2 aromatic carbocycles. The molecule has 0 radical (unpaired) electrons. The summed E-state index contributed by atoms with van der Waals surface area (Å²) in [5.74, 6) is -0.154. The number of carbonyl (C=O) groups is 1. The summed E-state index contributed by atoms with van der Waals surface area (Å²) in [5, 5.41) is 4.91. The van der Waals surface area contributed by atoms with Crippen LogP contribution in [0.5, 0.6) is 0 Å². The molecule has 0 aliphatic carbocycles. The van der Waals surface area contributed by atoms with Gasteiger partial charge in [-0.15, -0.1) is 0 Å². The topological polar surface area (TPSA) is 42.0 Å². The summed E-state index contributed by atoms with van der Waals surface area (Å²) in [5.41, 5.74) is 1.36. The summed E-state index contributed by atoms with van der Waals surface area (Å²) in [6.45, 7) is 0. The van der Waals surface area contributed by atoms with Crippen LogP contribution in [-0.2, 0) is 0 Å². The molecule has 1 heterocycles. The Kier molecular flexibility index (Phi) is 4.03. The largest absolute Gasteiger partial charge is 0.321 e. The van der Waals surface area contributed by atoms with E-state index in [0.29, 0.717) is 5.56 Å². The smallest absolute Gasteiger partial charge is 0.256 e. The van der Waals surface area contributed by atoms with Gasteiger partial charge in [0.2, 0.25) is 0 Å². The lowest BCUT2D eigenvalue weighted by Gasteiger charge is -2.09. The predicted octanol–water partition coefficient (Wildman–Crippen LogP) is 5.01. The van der Waals surface area contributed by atoms with Crippen molar-refractivity contribution in [1.29, 1.82) is 0 Å². The third-order valence-corrected chi connectivity index (χ3v) is 4.25. The third kappa shape index (κ3) is 2.99. The molecule has 0 spiro atoms. The number of amides is 1. The van der Waals surface area contributed by atoms with Gasteiger partial charge in [0.15, 0.2) is 0 Å². The maximum Gasteiger partial charge on any atom is 0.256 e. The number of halogens is 2. The zero-order chi connectivity index (χ0) is 14.8. The van der Waals surface area contributed by atoms with Crippen molar-refractivity contribution in [2.75, 3.05) is 5.32 Å². The van der Waals surface area contributed by atoms with E-state index < -0.39 is 0 Å². The highest BCUT2D eigenvalue weighted by Crippen LogP contribution is 2.25. The van der Waals surface area contributed by atoms with Crippen LogP contribution in [0.2, 0.25) is 0 Å². The fourth-order valence-corrected chi connectivity index (χ4v) is 3.32. The highest BCUT2D eigenvalue weighted by atomic mass is 79.9. The Balaban J connectivity index is 1.97. The molecule has 3 rings (SSSR count). The van der Waals surface area contributed by atoms with Crippen LogP contribution < -0.4 is 5.32 Å². The summed E-state index contributed by atoms with van der Waals surface area (Å²) in [7, 11) is 0. The van der Waals surface area contributed by atoms with Crippen molar-refractivity contribution in [2.45, 2.75) is 0 Å². The number of benzene rings is 2. The Hall–Kier alpha value is -1.72. The fourth-order valence-electron chi connectivity index (χ4n) is 2.09. The molecule has 104 valence electrons. The summed E-state index contributed by atoms with van der Waals surface area (Å²) < 4.78 is 1.67. The van der Waals surface area contributed by atoms with Crippen molar-refractivity contribution in [3.63, 3.8) is 0 Å². The van der Waals surface area contributed by atoms with Gasteiger partial charge in [-0.05, 0) is 46.3 Å². The third-order valence-electron chi connectivity index (χ3n) is 3.10. The minimum atomic E-state index is -0.154. The van der Waals surface area contributed by atoms with Crippen LogP contribution in [0.4, 0.5) is 5.69 Å². The van der Waals surface area contributed by atoms with Crippen molar-refractivity contribution in [3.8, 4) is 0 Å². The van der Waals surface area contributed by atoms with Crippen molar-refractivity contribution in [3.05, 3.63) is 69.4 Å². The number of nitrogens with zero attached hydrogens (tertiary/aromatic N) is 1. The monoisotopic (exact) mass is 404 g/mol. The first-order chi connectivity index (χ1) is 10.1. The van der Waals surface area contributed by atoms with Crippen LogP contribution in [0.3, 0.4) is 0 Å². The fraction of sp³-hybridized carbons (Fsp3) is 0. The molecule has 5 heteroatoms. The van der Waals surface area contributed by atoms with Gasteiger partial charge >= 0.3 is 0 Å². The van der Waals surface area contributed by atoms with Gasteiger partial charge in [0.25, 0.3) is 5.91 Å². The average Bonchev–Trinajstić information content (AvgIpc) is 2.47. The number of aromatic nitrogens is 1. The number of pyridine rings is 1. The molecular weight excluding hydrogens is 396 g/mol. The maximum atomic E-state index is 12.4. The van der Waals surface area contributed by atoms with Crippen LogP contribution in [0.1, 0.15) is 10.4 Å². The predicted molar refractivity (Wildman–Crippen MR) is 91.5 cm³/mol. The van der Waals surface area contributed by atoms with Gasteiger partial charge in [-0.1, -0.05) is 28.1 Å². The van der Waals surface area contributed by atoms with E-state index in [0.717, 1.165) is 25.4 Å². The molecule has 0 aliphatic rings. The van der Waals surface area contributed by atoms with E-state index >= 15 is 0 Å². The summed E-state index contributed by atoms with van der Waals surface area (Å²) in [6.07, 6.45) is 3.49. The second-order valence-electron chi connectivity index (χ2n) is 4.48. The highest BCUT2D eigenvalue weighted by Gasteiger charge is 2.11. The molecular formula is C16H10Br2N2O. The van der Waals surface area contributed by atoms with E-state index in [-0.39, 0.29) is 5.91 Å². The van der Waals surface area contributed by atoms with Gasteiger partial charge in [0, 0.05) is 37.8 Å². The zero-order valence-electron chi connectivity index (χ0n) is 10.8. The van der Waals surface area contributed by atoms with Crippen molar-refractivity contribution < 1.29 is 4.79 Å². The Morgan fingerprint density at radius 2 is 1.95 bits per heavy atom. The van der Waals surface area contributed by atoms with E-state index in [1.165, 1.54) is 0 Å². The number of nitrogens with one attached hydrogen (secondary N) is 1. The maximum absolute atomic E-state index is 12.4. The Morgan fingerprint density at radius 1 is 1.10 bits per heavy atom. The molecule has 0 atom stereocenters. The highest BCUT2D eigenvalue weighted by molar-refractivity contribution is 9.11. The van der Waals surface area contributed by atoms with Crippen LogP contribution in [0.15, 0.2) is 63.8 Å². The first-order valence-electron chi connectivity index (χ1n) is 6.24. The molecule has 3 aromatic rings. The van der Waals surface area contributed by atoms with Gasteiger partial charge in [0.1, 0.15) is 0 Å². The van der Waals surface area contributed by atoms with Gasteiger partial charge in [-0.25, -0.2) is 0 Å². The molecule has 0 unspecified atom stereocenters. The molecule has 0 saturated carbocycles. The molecule has 3 nitrogen and oxygen atoms in total. The lowest BCUT2D eigenvalue weighted by molar-refractivity contribution is 0.102. The van der Waals surface area contributed by atoms with Crippen molar-refractivity contribution in [1.82, 2.24) is 4.98 Å². The van der Waals surface area contributed by atoms with Gasteiger partial charge in [0.05, 0.1) is 5.56 Å². The van der Waals surface area contributed by atoms with Gasteiger partial charge < -0.3 is 5.32 Å². The standard InChI is InChI=1S/C16H10Br2N2O/c17-11-4-5-13(14(18)8-11)16(21)20-15-3-1-2-10-9-19-7-6-12(10)15/h1-9H,(H,20,21). The molecule has 0 bridgehead atoms. The Morgan fingerprint density at radius 3 is 2.76 bits per heavy atom. The Bertz CT molecular complexity index is 828. The lowest BCUT2D eigenvalue weighted by atomic mass is 10.1. The van der Waals surface area contributed by atoms with Gasteiger partial charge in [-0.2, -0.15) is 0 Å². The molecule has 1 aromatic heterocycles. The first-order valence-corrected chi connectivity index (χ1v) is 7.83. The van der Waals surface area contributed by atoms with Crippen LogP contribution in [0.25, 0.3) is 10.8 Å². The van der Waals surface area contributed by atoms with Crippen LogP contribution in [0, 0.1) is 0 Å². The molecule has 21 heavy (non-hydrogen) atoms. The van der Waals surface area contributed by atoms with Crippen LogP contribution in [-0.4, -0.2) is 10.9 Å².